The number of halogens is 1. The lowest BCUT2D eigenvalue weighted by atomic mass is 10.1. The van der Waals surface area contributed by atoms with Crippen molar-refractivity contribution < 1.29 is 4.79 Å². The molecule has 4 nitrogen and oxygen atoms in total. The Labute approximate surface area is 135 Å². The zero-order chi connectivity index (χ0) is 15.4. The number of hydrogen-bond donors (Lipinski definition) is 0. The second-order valence-corrected chi connectivity index (χ2v) is 5.82. The molecule has 0 amide bonds. The average Bonchev–Trinajstić information content (AvgIpc) is 2.57. The van der Waals surface area contributed by atoms with E-state index in [0.717, 1.165) is 37.6 Å². The fourth-order valence-electron chi connectivity index (χ4n) is 2.61. The van der Waals surface area contributed by atoms with Crippen LogP contribution in [0.2, 0.25) is 5.02 Å². The fourth-order valence-corrected chi connectivity index (χ4v) is 2.73. The molecule has 114 valence electrons. The molecule has 0 saturated carbocycles. The first kappa shape index (κ1) is 15.0. The summed E-state index contributed by atoms with van der Waals surface area (Å²) in [6.45, 7) is 3.99. The molecular formula is C17H18ClN3O. The van der Waals surface area contributed by atoms with E-state index >= 15 is 0 Å². The number of nitrogens with zero attached hydrogens (tertiary/aromatic N) is 3. The van der Waals surface area contributed by atoms with Gasteiger partial charge in [-0.05, 0) is 36.4 Å². The molecule has 1 aromatic carbocycles. The summed E-state index contributed by atoms with van der Waals surface area (Å²) in [6, 6.07) is 13.0. The van der Waals surface area contributed by atoms with E-state index in [0.29, 0.717) is 11.6 Å². The van der Waals surface area contributed by atoms with Gasteiger partial charge in [-0.15, -0.1) is 0 Å². The van der Waals surface area contributed by atoms with E-state index in [2.05, 4.69) is 14.8 Å². The van der Waals surface area contributed by atoms with Crippen molar-refractivity contribution in [3.63, 3.8) is 0 Å². The standard InChI is InChI=1S/C17H18ClN3O/c18-15-6-4-14(5-7-15)16(22)13-20-9-11-21(12-10-20)17-3-1-2-8-19-17/h1-8H,9-13H2. The molecular weight excluding hydrogens is 298 g/mol. The Hall–Kier alpha value is -1.91. The topological polar surface area (TPSA) is 36.4 Å². The fraction of sp³-hybridized carbons (Fsp3) is 0.294. The Kier molecular flexibility index (Phi) is 4.71. The summed E-state index contributed by atoms with van der Waals surface area (Å²) in [7, 11) is 0. The molecule has 0 aliphatic carbocycles. The van der Waals surface area contributed by atoms with Crippen LogP contribution in [0.4, 0.5) is 5.82 Å². The van der Waals surface area contributed by atoms with Crippen molar-refractivity contribution in [3.05, 3.63) is 59.2 Å². The third kappa shape index (κ3) is 3.64. The number of carbonyl (C=O) groups excluding carboxylic acids is 1. The first-order chi connectivity index (χ1) is 10.7. The SMILES string of the molecule is O=C(CN1CCN(c2ccccn2)CC1)c1ccc(Cl)cc1. The molecule has 1 fully saturated rings. The maximum atomic E-state index is 12.3. The molecule has 1 aliphatic rings. The summed E-state index contributed by atoms with van der Waals surface area (Å²) >= 11 is 5.85. The van der Waals surface area contributed by atoms with Gasteiger partial charge in [-0.1, -0.05) is 17.7 Å². The average molecular weight is 316 g/mol. The lowest BCUT2D eigenvalue weighted by molar-refractivity contribution is 0.0926. The number of pyridine rings is 1. The van der Waals surface area contributed by atoms with Crippen LogP contribution in [0.15, 0.2) is 48.7 Å². The van der Waals surface area contributed by atoms with Crippen LogP contribution >= 0.6 is 11.6 Å². The number of ketones is 1. The molecule has 0 radical (unpaired) electrons. The van der Waals surface area contributed by atoms with Gasteiger partial charge in [0.1, 0.15) is 5.82 Å². The van der Waals surface area contributed by atoms with Gasteiger partial charge in [-0.3, -0.25) is 9.69 Å². The van der Waals surface area contributed by atoms with E-state index in [-0.39, 0.29) is 5.78 Å². The van der Waals surface area contributed by atoms with E-state index in [1.807, 2.05) is 24.4 Å². The largest absolute Gasteiger partial charge is 0.354 e. The molecule has 2 heterocycles. The summed E-state index contributed by atoms with van der Waals surface area (Å²) in [5.74, 6) is 1.15. The van der Waals surface area contributed by atoms with Gasteiger partial charge in [0.2, 0.25) is 0 Å². The van der Waals surface area contributed by atoms with Gasteiger partial charge in [0.25, 0.3) is 0 Å². The smallest absolute Gasteiger partial charge is 0.176 e. The molecule has 0 bridgehead atoms. The third-order valence-corrected chi connectivity index (χ3v) is 4.13. The van der Waals surface area contributed by atoms with Gasteiger partial charge >= 0.3 is 0 Å². The number of rotatable bonds is 4. The Balaban J connectivity index is 1.53. The van der Waals surface area contributed by atoms with Crippen molar-refractivity contribution in [1.82, 2.24) is 9.88 Å². The summed E-state index contributed by atoms with van der Waals surface area (Å²) in [5.41, 5.74) is 0.719. The van der Waals surface area contributed by atoms with Crippen LogP contribution in [0.3, 0.4) is 0 Å². The number of aromatic nitrogens is 1. The number of hydrogen-bond acceptors (Lipinski definition) is 4. The van der Waals surface area contributed by atoms with E-state index in [4.69, 9.17) is 11.6 Å². The minimum atomic E-state index is 0.142. The minimum absolute atomic E-state index is 0.142. The molecule has 0 unspecified atom stereocenters. The minimum Gasteiger partial charge on any atom is -0.354 e. The summed E-state index contributed by atoms with van der Waals surface area (Å²) in [6.07, 6.45) is 1.81. The Morgan fingerprint density at radius 2 is 1.77 bits per heavy atom. The lowest BCUT2D eigenvalue weighted by Crippen LogP contribution is -2.48. The molecule has 2 aromatic rings. The second kappa shape index (κ2) is 6.90. The van der Waals surface area contributed by atoms with Gasteiger partial charge < -0.3 is 4.90 Å². The highest BCUT2D eigenvalue weighted by Crippen LogP contribution is 2.14. The van der Waals surface area contributed by atoms with Crippen molar-refractivity contribution in [1.29, 1.82) is 0 Å². The van der Waals surface area contributed by atoms with Gasteiger partial charge in [-0.25, -0.2) is 4.98 Å². The Morgan fingerprint density at radius 1 is 1.05 bits per heavy atom. The van der Waals surface area contributed by atoms with Crippen LogP contribution in [-0.4, -0.2) is 48.4 Å². The zero-order valence-corrected chi connectivity index (χ0v) is 13.0. The predicted molar refractivity (Wildman–Crippen MR) is 88.7 cm³/mol. The van der Waals surface area contributed by atoms with Crippen LogP contribution < -0.4 is 4.90 Å². The first-order valence-electron chi connectivity index (χ1n) is 7.39. The molecule has 1 aliphatic heterocycles. The highest BCUT2D eigenvalue weighted by molar-refractivity contribution is 6.30. The van der Waals surface area contributed by atoms with Crippen LogP contribution in [0, 0.1) is 0 Å². The maximum absolute atomic E-state index is 12.3. The van der Waals surface area contributed by atoms with Gasteiger partial charge in [0, 0.05) is 43.0 Å². The second-order valence-electron chi connectivity index (χ2n) is 5.38. The lowest BCUT2D eigenvalue weighted by Gasteiger charge is -2.35. The van der Waals surface area contributed by atoms with Crippen LogP contribution in [0.1, 0.15) is 10.4 Å². The molecule has 0 spiro atoms. The first-order valence-corrected chi connectivity index (χ1v) is 7.77. The molecule has 0 N–H and O–H groups in total. The summed E-state index contributed by atoms with van der Waals surface area (Å²) in [4.78, 5) is 21.1. The highest BCUT2D eigenvalue weighted by atomic mass is 35.5. The summed E-state index contributed by atoms with van der Waals surface area (Å²) in [5, 5.41) is 0.653. The van der Waals surface area contributed by atoms with Gasteiger partial charge in [0.05, 0.1) is 6.54 Å². The molecule has 1 aromatic heterocycles. The van der Waals surface area contributed by atoms with Crippen LogP contribution in [-0.2, 0) is 0 Å². The van der Waals surface area contributed by atoms with Crippen molar-refractivity contribution in [3.8, 4) is 0 Å². The number of benzene rings is 1. The van der Waals surface area contributed by atoms with E-state index in [1.54, 1.807) is 24.3 Å². The quantitative estimate of drug-likeness (QED) is 0.813. The van der Waals surface area contributed by atoms with Crippen LogP contribution in [0.5, 0.6) is 0 Å². The molecule has 0 atom stereocenters. The molecule has 3 rings (SSSR count). The maximum Gasteiger partial charge on any atom is 0.176 e. The van der Waals surface area contributed by atoms with Crippen molar-refractivity contribution in [2.75, 3.05) is 37.6 Å². The number of Topliss-reactive ketones (excluding diaryl/α,β-unsaturated/α-hetero) is 1. The monoisotopic (exact) mass is 315 g/mol. The molecule has 5 heteroatoms. The zero-order valence-electron chi connectivity index (χ0n) is 12.3. The van der Waals surface area contributed by atoms with Crippen molar-refractivity contribution in [2.24, 2.45) is 0 Å². The van der Waals surface area contributed by atoms with E-state index in [9.17, 15) is 4.79 Å². The number of piperazine rings is 1. The van der Waals surface area contributed by atoms with Crippen molar-refractivity contribution >= 4 is 23.2 Å². The number of carbonyl (C=O) groups is 1. The van der Waals surface area contributed by atoms with Crippen molar-refractivity contribution in [2.45, 2.75) is 0 Å². The van der Waals surface area contributed by atoms with Crippen LogP contribution in [0.25, 0.3) is 0 Å². The van der Waals surface area contributed by atoms with Gasteiger partial charge in [-0.2, -0.15) is 0 Å². The predicted octanol–water partition coefficient (Wildman–Crippen LogP) is 2.74. The van der Waals surface area contributed by atoms with Gasteiger partial charge in [0.15, 0.2) is 5.78 Å². The van der Waals surface area contributed by atoms with E-state index in [1.165, 1.54) is 0 Å². The number of anilines is 1. The third-order valence-electron chi connectivity index (χ3n) is 3.88. The highest BCUT2D eigenvalue weighted by Gasteiger charge is 2.20. The molecule has 22 heavy (non-hydrogen) atoms. The Bertz CT molecular complexity index is 622. The Morgan fingerprint density at radius 3 is 2.41 bits per heavy atom. The van der Waals surface area contributed by atoms with E-state index < -0.39 is 0 Å². The normalized spacial score (nSPS) is 15.8. The summed E-state index contributed by atoms with van der Waals surface area (Å²) < 4.78 is 0. The molecule has 1 saturated heterocycles.